The van der Waals surface area contributed by atoms with Crippen molar-refractivity contribution in [2.24, 2.45) is 0 Å². The number of hydrogen-bond acceptors (Lipinski definition) is 6. The fourth-order valence-electron chi connectivity index (χ4n) is 2.01. The lowest BCUT2D eigenvalue weighted by atomic mass is 10.2. The first kappa shape index (κ1) is 14.0. The van der Waals surface area contributed by atoms with E-state index in [-0.39, 0.29) is 6.04 Å². The molecule has 0 amide bonds. The summed E-state index contributed by atoms with van der Waals surface area (Å²) in [4.78, 5) is 13.0. The molecule has 3 rings (SSSR count). The Bertz CT molecular complexity index is 738. The Kier molecular flexibility index (Phi) is 3.95. The van der Waals surface area contributed by atoms with Gasteiger partial charge in [-0.15, -0.1) is 0 Å². The maximum atomic E-state index is 4.43. The van der Waals surface area contributed by atoms with Crippen LogP contribution in [-0.4, -0.2) is 25.1 Å². The Morgan fingerprint density at radius 3 is 2.73 bits per heavy atom. The molecule has 22 heavy (non-hydrogen) atoms. The quantitative estimate of drug-likeness (QED) is 0.670. The van der Waals surface area contributed by atoms with Crippen LogP contribution in [0.15, 0.2) is 42.7 Å². The molecular formula is C15H17N7. The summed E-state index contributed by atoms with van der Waals surface area (Å²) in [5, 5.41) is 13.4. The van der Waals surface area contributed by atoms with Crippen molar-refractivity contribution in [3.63, 3.8) is 0 Å². The minimum atomic E-state index is 0.0177. The Labute approximate surface area is 128 Å². The van der Waals surface area contributed by atoms with Crippen LogP contribution in [0.4, 0.5) is 17.6 Å². The Morgan fingerprint density at radius 2 is 2.00 bits per heavy atom. The standard InChI is InChI=1S/C15H17N7/c1-10-9-14(22-21-10)19-13-6-8-17-15(20-13)18-11(2)12-5-3-4-7-16-12/h3-9,11H,1-2H3,(H3,17,18,19,20,21,22). The van der Waals surface area contributed by atoms with Crippen LogP contribution in [0.5, 0.6) is 0 Å². The average Bonchev–Trinajstić information content (AvgIpc) is 2.93. The Hall–Kier alpha value is -2.96. The lowest BCUT2D eigenvalue weighted by Crippen LogP contribution is -2.11. The number of aryl methyl sites for hydroxylation is 1. The maximum Gasteiger partial charge on any atom is 0.225 e. The molecular weight excluding hydrogens is 278 g/mol. The van der Waals surface area contributed by atoms with Gasteiger partial charge in [-0.25, -0.2) is 4.98 Å². The summed E-state index contributed by atoms with van der Waals surface area (Å²) in [6.07, 6.45) is 3.47. The summed E-state index contributed by atoms with van der Waals surface area (Å²) >= 11 is 0. The fraction of sp³-hybridized carbons (Fsp3) is 0.200. The third kappa shape index (κ3) is 3.38. The molecule has 7 nitrogen and oxygen atoms in total. The molecule has 0 saturated carbocycles. The number of anilines is 3. The molecule has 1 unspecified atom stereocenters. The van der Waals surface area contributed by atoms with E-state index < -0.39 is 0 Å². The number of nitrogens with zero attached hydrogens (tertiary/aromatic N) is 4. The van der Waals surface area contributed by atoms with E-state index in [1.807, 2.05) is 38.1 Å². The number of H-pyrrole nitrogens is 1. The van der Waals surface area contributed by atoms with Gasteiger partial charge in [-0.2, -0.15) is 10.1 Å². The van der Waals surface area contributed by atoms with Crippen LogP contribution < -0.4 is 10.6 Å². The lowest BCUT2D eigenvalue weighted by molar-refractivity contribution is 0.822. The second-order valence-corrected chi connectivity index (χ2v) is 4.95. The van der Waals surface area contributed by atoms with E-state index in [4.69, 9.17) is 0 Å². The first-order chi connectivity index (χ1) is 10.7. The summed E-state index contributed by atoms with van der Waals surface area (Å²) < 4.78 is 0. The SMILES string of the molecule is Cc1cc(Nc2ccnc(NC(C)c3ccccn3)n2)n[nH]1. The number of aromatic amines is 1. The van der Waals surface area contributed by atoms with Gasteiger partial charge in [-0.1, -0.05) is 6.07 Å². The molecule has 3 aromatic rings. The molecule has 0 radical (unpaired) electrons. The van der Waals surface area contributed by atoms with Crippen LogP contribution in [0.3, 0.4) is 0 Å². The molecule has 0 aliphatic carbocycles. The van der Waals surface area contributed by atoms with Crippen molar-refractivity contribution in [2.75, 3.05) is 10.6 Å². The summed E-state index contributed by atoms with van der Waals surface area (Å²) in [6.45, 7) is 3.96. The van der Waals surface area contributed by atoms with Crippen LogP contribution in [0.25, 0.3) is 0 Å². The fourth-order valence-corrected chi connectivity index (χ4v) is 2.01. The summed E-state index contributed by atoms with van der Waals surface area (Å²) in [7, 11) is 0. The third-order valence-corrected chi connectivity index (χ3v) is 3.09. The highest BCUT2D eigenvalue weighted by Crippen LogP contribution is 2.17. The molecule has 3 heterocycles. The van der Waals surface area contributed by atoms with E-state index in [9.17, 15) is 0 Å². The molecule has 0 aliphatic heterocycles. The molecule has 3 aromatic heterocycles. The van der Waals surface area contributed by atoms with Crippen molar-refractivity contribution in [3.05, 3.63) is 54.1 Å². The highest BCUT2D eigenvalue weighted by atomic mass is 15.2. The molecule has 3 N–H and O–H groups in total. The summed E-state index contributed by atoms with van der Waals surface area (Å²) in [6, 6.07) is 9.53. The molecule has 112 valence electrons. The molecule has 0 saturated heterocycles. The topological polar surface area (TPSA) is 91.4 Å². The molecule has 0 aliphatic rings. The van der Waals surface area contributed by atoms with E-state index in [2.05, 4.69) is 35.8 Å². The third-order valence-electron chi connectivity index (χ3n) is 3.09. The van der Waals surface area contributed by atoms with Crippen molar-refractivity contribution in [3.8, 4) is 0 Å². The zero-order valence-electron chi connectivity index (χ0n) is 12.4. The lowest BCUT2D eigenvalue weighted by Gasteiger charge is -2.13. The predicted octanol–water partition coefficient (Wildman–Crippen LogP) is 2.82. The van der Waals surface area contributed by atoms with Crippen molar-refractivity contribution in [1.29, 1.82) is 0 Å². The second-order valence-electron chi connectivity index (χ2n) is 4.95. The number of nitrogens with one attached hydrogen (secondary N) is 3. The minimum Gasteiger partial charge on any atom is -0.346 e. The smallest absolute Gasteiger partial charge is 0.225 e. The van der Waals surface area contributed by atoms with Crippen molar-refractivity contribution < 1.29 is 0 Å². The number of aromatic nitrogens is 5. The molecule has 7 heteroatoms. The minimum absolute atomic E-state index is 0.0177. The van der Waals surface area contributed by atoms with Gasteiger partial charge in [0.1, 0.15) is 5.82 Å². The van der Waals surface area contributed by atoms with Gasteiger partial charge in [0.05, 0.1) is 11.7 Å². The van der Waals surface area contributed by atoms with Gasteiger partial charge < -0.3 is 10.6 Å². The van der Waals surface area contributed by atoms with Gasteiger partial charge in [0.25, 0.3) is 0 Å². The molecule has 1 atom stereocenters. The second kappa shape index (κ2) is 6.21. The van der Waals surface area contributed by atoms with Gasteiger partial charge in [0, 0.05) is 24.2 Å². The molecule has 0 spiro atoms. The highest BCUT2D eigenvalue weighted by molar-refractivity contribution is 5.52. The first-order valence-corrected chi connectivity index (χ1v) is 7.00. The molecule has 0 aromatic carbocycles. The maximum absolute atomic E-state index is 4.43. The van der Waals surface area contributed by atoms with E-state index >= 15 is 0 Å². The summed E-state index contributed by atoms with van der Waals surface area (Å²) in [5.74, 6) is 1.94. The largest absolute Gasteiger partial charge is 0.346 e. The number of hydrogen-bond donors (Lipinski definition) is 3. The zero-order chi connectivity index (χ0) is 15.4. The normalized spacial score (nSPS) is 11.9. The van der Waals surface area contributed by atoms with Crippen LogP contribution in [-0.2, 0) is 0 Å². The predicted molar refractivity (Wildman–Crippen MR) is 84.9 cm³/mol. The van der Waals surface area contributed by atoms with Gasteiger partial charge in [-0.05, 0) is 32.0 Å². The summed E-state index contributed by atoms with van der Waals surface area (Å²) in [5.41, 5.74) is 1.92. The van der Waals surface area contributed by atoms with Crippen molar-refractivity contribution in [2.45, 2.75) is 19.9 Å². The van der Waals surface area contributed by atoms with E-state index in [1.165, 1.54) is 0 Å². The van der Waals surface area contributed by atoms with Gasteiger partial charge in [-0.3, -0.25) is 10.1 Å². The number of rotatable bonds is 5. The monoisotopic (exact) mass is 295 g/mol. The van der Waals surface area contributed by atoms with Crippen molar-refractivity contribution in [1.82, 2.24) is 25.1 Å². The molecule has 0 bridgehead atoms. The van der Waals surface area contributed by atoms with Crippen LogP contribution in [0, 0.1) is 6.92 Å². The van der Waals surface area contributed by atoms with Gasteiger partial charge in [0.2, 0.25) is 5.95 Å². The van der Waals surface area contributed by atoms with E-state index in [0.29, 0.717) is 11.8 Å². The first-order valence-electron chi connectivity index (χ1n) is 7.00. The van der Waals surface area contributed by atoms with Crippen LogP contribution >= 0.6 is 0 Å². The Balaban J connectivity index is 1.71. The zero-order valence-corrected chi connectivity index (χ0v) is 12.4. The van der Waals surface area contributed by atoms with Crippen LogP contribution in [0.1, 0.15) is 24.4 Å². The number of pyridine rings is 1. The Morgan fingerprint density at radius 1 is 1.09 bits per heavy atom. The van der Waals surface area contributed by atoms with E-state index in [0.717, 1.165) is 17.2 Å². The molecule has 0 fully saturated rings. The average molecular weight is 295 g/mol. The van der Waals surface area contributed by atoms with Gasteiger partial charge in [0.15, 0.2) is 5.82 Å². The highest BCUT2D eigenvalue weighted by Gasteiger charge is 2.08. The van der Waals surface area contributed by atoms with Crippen molar-refractivity contribution >= 4 is 17.6 Å². The van der Waals surface area contributed by atoms with E-state index in [1.54, 1.807) is 18.5 Å². The van der Waals surface area contributed by atoms with Crippen LogP contribution in [0.2, 0.25) is 0 Å². The van der Waals surface area contributed by atoms with Gasteiger partial charge >= 0.3 is 0 Å².